The van der Waals surface area contributed by atoms with Crippen LogP contribution in [0.3, 0.4) is 0 Å². The van der Waals surface area contributed by atoms with E-state index in [-0.39, 0.29) is 17.7 Å². The van der Waals surface area contributed by atoms with E-state index < -0.39 is 6.04 Å². The molecule has 1 unspecified atom stereocenters. The van der Waals surface area contributed by atoms with E-state index in [0.29, 0.717) is 17.1 Å². The quantitative estimate of drug-likeness (QED) is 0.245. The van der Waals surface area contributed by atoms with E-state index in [1.54, 1.807) is 18.3 Å². The summed E-state index contributed by atoms with van der Waals surface area (Å²) in [5, 5.41) is 8.77. The number of fused-ring (bicyclic) bond motifs is 1. The fourth-order valence-corrected chi connectivity index (χ4v) is 4.12. The van der Waals surface area contributed by atoms with Crippen molar-refractivity contribution in [3.8, 4) is 0 Å². The Balaban J connectivity index is 1.47. The van der Waals surface area contributed by atoms with Crippen molar-refractivity contribution in [3.63, 3.8) is 0 Å². The molecule has 0 saturated carbocycles. The number of rotatable bonds is 8. The van der Waals surface area contributed by atoms with E-state index >= 15 is 0 Å². The molecule has 2 N–H and O–H groups in total. The molecule has 4 aromatic rings. The summed E-state index contributed by atoms with van der Waals surface area (Å²) in [6.45, 7) is 6.40. The van der Waals surface area contributed by atoms with Gasteiger partial charge in [0, 0.05) is 39.8 Å². The lowest BCUT2D eigenvalue weighted by atomic mass is 10.0. The number of carbonyl (C=O) groups excluding carboxylic acids is 2. The molecule has 1 atom stereocenters. The van der Waals surface area contributed by atoms with E-state index in [1.807, 2.05) is 81.6 Å². The first kappa shape index (κ1) is 25.2. The number of para-hydroxylation sites is 1. The topological polar surface area (TPSA) is 75.5 Å². The van der Waals surface area contributed by atoms with Gasteiger partial charge in [0.15, 0.2) is 0 Å². The summed E-state index contributed by atoms with van der Waals surface area (Å²) in [6, 6.07) is 22.3. The molecular weight excluding hydrogens is 472 g/mol. The highest BCUT2D eigenvalue weighted by atomic mass is 35.5. The Kier molecular flexibility index (Phi) is 7.86. The molecule has 0 radical (unpaired) electrons. The van der Waals surface area contributed by atoms with E-state index in [4.69, 9.17) is 11.6 Å². The molecule has 0 aliphatic carbocycles. The van der Waals surface area contributed by atoms with Gasteiger partial charge >= 0.3 is 0 Å². The van der Waals surface area contributed by atoms with Crippen LogP contribution in [0.5, 0.6) is 0 Å². The molecule has 0 aliphatic rings. The number of aromatic nitrogens is 1. The summed E-state index contributed by atoms with van der Waals surface area (Å²) in [4.78, 5) is 25.5. The predicted octanol–water partition coefficient (Wildman–Crippen LogP) is 5.56. The smallest absolute Gasteiger partial charge is 0.262 e. The zero-order valence-corrected chi connectivity index (χ0v) is 21.3. The second-order valence-corrected chi connectivity index (χ2v) is 9.59. The minimum absolute atomic E-state index is 0.115. The molecule has 0 aliphatic heterocycles. The summed E-state index contributed by atoms with van der Waals surface area (Å²) in [5.41, 5.74) is 7.24. The van der Waals surface area contributed by atoms with Crippen LogP contribution in [0.25, 0.3) is 10.9 Å². The molecule has 184 valence electrons. The summed E-state index contributed by atoms with van der Waals surface area (Å²) < 4.78 is 2.14. The van der Waals surface area contributed by atoms with E-state index in [2.05, 4.69) is 26.5 Å². The first-order valence-electron chi connectivity index (χ1n) is 11.8. The molecule has 1 heterocycles. The van der Waals surface area contributed by atoms with E-state index in [0.717, 1.165) is 27.6 Å². The SMILES string of the molecule is Cc1ccc(C(=O)NC(C(=O)NN=Cc2cn(Cc3ccc(Cl)cc3)c3ccccc23)C(C)C)cc1. The van der Waals surface area contributed by atoms with Crippen molar-refractivity contribution in [1.82, 2.24) is 15.3 Å². The van der Waals surface area contributed by atoms with Crippen molar-refractivity contribution in [2.45, 2.75) is 33.4 Å². The van der Waals surface area contributed by atoms with Gasteiger partial charge in [-0.05, 0) is 48.7 Å². The summed E-state index contributed by atoms with van der Waals surface area (Å²) in [7, 11) is 0. The number of hydrogen-bond acceptors (Lipinski definition) is 3. The molecule has 2 amide bonds. The Morgan fingerprint density at radius 1 is 1.00 bits per heavy atom. The molecule has 0 bridgehead atoms. The van der Waals surface area contributed by atoms with Crippen LogP contribution in [0, 0.1) is 12.8 Å². The third-order valence-electron chi connectivity index (χ3n) is 6.01. The molecule has 3 aromatic carbocycles. The van der Waals surface area contributed by atoms with Gasteiger partial charge in [0.05, 0.1) is 6.21 Å². The summed E-state index contributed by atoms with van der Waals surface area (Å²) >= 11 is 6.02. The van der Waals surface area contributed by atoms with Crippen LogP contribution in [-0.4, -0.2) is 28.6 Å². The molecule has 0 spiro atoms. The van der Waals surface area contributed by atoms with Gasteiger partial charge in [-0.25, -0.2) is 5.43 Å². The molecule has 0 fully saturated rings. The van der Waals surface area contributed by atoms with Crippen molar-refractivity contribution in [3.05, 3.63) is 106 Å². The van der Waals surface area contributed by atoms with Gasteiger partial charge in [-0.15, -0.1) is 0 Å². The number of hydrazone groups is 1. The Morgan fingerprint density at radius 3 is 2.39 bits per heavy atom. The Labute approximate surface area is 216 Å². The van der Waals surface area contributed by atoms with Crippen LogP contribution >= 0.6 is 11.6 Å². The standard InChI is InChI=1S/C29H29ClN4O2/c1-19(2)27(32-28(35)22-12-8-20(3)9-13-22)29(36)33-31-16-23-18-34(26-7-5-4-6-25(23)26)17-21-10-14-24(30)15-11-21/h4-16,18-19,27H,17H2,1-3H3,(H,32,35)(H,33,36). The lowest BCUT2D eigenvalue weighted by Crippen LogP contribution is -2.48. The number of nitrogens with one attached hydrogen (secondary N) is 2. The van der Waals surface area contributed by atoms with Crippen LogP contribution in [0.4, 0.5) is 0 Å². The minimum Gasteiger partial charge on any atom is -0.342 e. The Hall–Kier alpha value is -3.90. The zero-order valence-electron chi connectivity index (χ0n) is 20.5. The molecule has 4 rings (SSSR count). The first-order chi connectivity index (χ1) is 17.3. The van der Waals surface area contributed by atoms with Crippen molar-refractivity contribution in [1.29, 1.82) is 0 Å². The van der Waals surface area contributed by atoms with Gasteiger partial charge in [0.25, 0.3) is 11.8 Å². The largest absolute Gasteiger partial charge is 0.342 e. The van der Waals surface area contributed by atoms with Crippen LogP contribution < -0.4 is 10.7 Å². The van der Waals surface area contributed by atoms with Crippen LogP contribution in [-0.2, 0) is 11.3 Å². The number of halogens is 1. The number of hydrogen-bond donors (Lipinski definition) is 2. The van der Waals surface area contributed by atoms with Gasteiger partial charge in [0.1, 0.15) is 6.04 Å². The van der Waals surface area contributed by atoms with Gasteiger partial charge in [0.2, 0.25) is 0 Å². The van der Waals surface area contributed by atoms with Gasteiger partial charge in [-0.3, -0.25) is 9.59 Å². The second-order valence-electron chi connectivity index (χ2n) is 9.15. The number of nitrogens with zero attached hydrogens (tertiary/aromatic N) is 2. The molecule has 6 nitrogen and oxygen atoms in total. The van der Waals surface area contributed by atoms with Crippen molar-refractivity contribution >= 4 is 40.5 Å². The normalized spacial score (nSPS) is 12.2. The second kappa shape index (κ2) is 11.2. The molecular formula is C29H29ClN4O2. The maximum atomic E-state index is 12.9. The first-order valence-corrected chi connectivity index (χ1v) is 12.2. The van der Waals surface area contributed by atoms with Crippen LogP contribution in [0.1, 0.15) is 40.9 Å². The van der Waals surface area contributed by atoms with Crippen LogP contribution in [0.15, 0.2) is 84.1 Å². The van der Waals surface area contributed by atoms with Gasteiger partial charge in [-0.2, -0.15) is 5.10 Å². The average molecular weight is 501 g/mol. The molecule has 0 saturated heterocycles. The zero-order chi connectivity index (χ0) is 25.7. The minimum atomic E-state index is -0.720. The van der Waals surface area contributed by atoms with Crippen molar-refractivity contribution < 1.29 is 9.59 Å². The lowest BCUT2D eigenvalue weighted by molar-refractivity contribution is -0.123. The van der Waals surface area contributed by atoms with E-state index in [9.17, 15) is 9.59 Å². The van der Waals surface area contributed by atoms with Gasteiger partial charge in [-0.1, -0.05) is 73.5 Å². The average Bonchev–Trinajstić information content (AvgIpc) is 3.21. The summed E-state index contributed by atoms with van der Waals surface area (Å²) in [6.07, 6.45) is 3.64. The van der Waals surface area contributed by atoms with Crippen molar-refractivity contribution in [2.24, 2.45) is 11.0 Å². The maximum absolute atomic E-state index is 12.9. The van der Waals surface area contributed by atoms with E-state index in [1.165, 1.54) is 0 Å². The summed E-state index contributed by atoms with van der Waals surface area (Å²) in [5.74, 6) is -0.777. The highest BCUT2D eigenvalue weighted by Crippen LogP contribution is 2.22. The monoisotopic (exact) mass is 500 g/mol. The number of aryl methyl sites for hydroxylation is 1. The fourth-order valence-electron chi connectivity index (χ4n) is 3.99. The molecule has 1 aromatic heterocycles. The Morgan fingerprint density at radius 2 is 1.69 bits per heavy atom. The molecule has 7 heteroatoms. The predicted molar refractivity (Wildman–Crippen MR) is 145 cm³/mol. The molecule has 36 heavy (non-hydrogen) atoms. The number of benzene rings is 3. The number of amides is 2. The Bertz CT molecular complexity index is 1390. The highest BCUT2D eigenvalue weighted by Gasteiger charge is 2.24. The van der Waals surface area contributed by atoms with Crippen molar-refractivity contribution in [2.75, 3.05) is 0 Å². The maximum Gasteiger partial charge on any atom is 0.262 e. The van der Waals surface area contributed by atoms with Gasteiger partial charge < -0.3 is 9.88 Å². The van der Waals surface area contributed by atoms with Crippen LogP contribution in [0.2, 0.25) is 5.02 Å². The number of carbonyl (C=O) groups is 2. The third kappa shape index (κ3) is 6.01. The fraction of sp³-hybridized carbons (Fsp3) is 0.207. The highest BCUT2D eigenvalue weighted by molar-refractivity contribution is 6.30. The lowest BCUT2D eigenvalue weighted by Gasteiger charge is -2.20. The third-order valence-corrected chi connectivity index (χ3v) is 6.27.